The number of thioether (sulfide) groups is 1. The summed E-state index contributed by atoms with van der Waals surface area (Å²) < 4.78 is 31.2. The Kier molecular flexibility index (Phi) is 6.51. The fraction of sp³-hybridized carbons (Fsp3) is 0.350. The second kappa shape index (κ2) is 8.87. The number of carbonyl (C=O) groups excluding carboxylic acids is 1. The molecule has 0 saturated carbocycles. The Hall–Kier alpha value is -2.19. The molecule has 0 aromatic heterocycles. The molecule has 3 rings (SSSR count). The number of para-hydroxylation sites is 2. The molecule has 0 unspecified atom stereocenters. The molecule has 0 bridgehead atoms. The number of nitrogens with zero attached hydrogens (tertiary/aromatic N) is 1. The van der Waals surface area contributed by atoms with E-state index < -0.39 is 16.1 Å². The van der Waals surface area contributed by atoms with Gasteiger partial charge < -0.3 is 10.1 Å². The van der Waals surface area contributed by atoms with E-state index in [0.717, 1.165) is 17.8 Å². The third-order valence-electron chi connectivity index (χ3n) is 4.32. The summed E-state index contributed by atoms with van der Waals surface area (Å²) in [5, 5.41) is 2.85. The quantitative estimate of drug-likeness (QED) is 0.697. The first-order chi connectivity index (χ1) is 13.3. The molecule has 6 nitrogen and oxygen atoms in total. The maximum atomic E-state index is 12.5. The highest BCUT2D eigenvalue weighted by Crippen LogP contribution is 2.34. The SMILES string of the molecule is Cc1cccc(CSCCNC(=O)[C@H]2CN(S(C)(=O)=O)c3ccccc3O2)c1. The molecule has 2 aromatic rings. The van der Waals surface area contributed by atoms with Gasteiger partial charge in [0.2, 0.25) is 10.0 Å². The number of hydrogen-bond acceptors (Lipinski definition) is 5. The Balaban J connectivity index is 1.52. The van der Waals surface area contributed by atoms with Gasteiger partial charge in [0.25, 0.3) is 5.91 Å². The first-order valence-electron chi connectivity index (χ1n) is 8.99. The summed E-state index contributed by atoms with van der Waals surface area (Å²) in [6.45, 7) is 2.53. The number of hydrogen-bond donors (Lipinski definition) is 1. The summed E-state index contributed by atoms with van der Waals surface area (Å²) in [6.07, 6.45) is 0.262. The van der Waals surface area contributed by atoms with E-state index >= 15 is 0 Å². The molecule has 1 amide bonds. The van der Waals surface area contributed by atoms with Crippen LogP contribution in [-0.2, 0) is 20.6 Å². The monoisotopic (exact) mass is 420 g/mol. The molecule has 1 heterocycles. The normalized spacial score (nSPS) is 16.2. The summed E-state index contributed by atoms with van der Waals surface area (Å²) in [4.78, 5) is 12.5. The fourth-order valence-electron chi connectivity index (χ4n) is 3.01. The molecule has 1 aliphatic rings. The number of benzene rings is 2. The van der Waals surface area contributed by atoms with Gasteiger partial charge in [-0.1, -0.05) is 42.0 Å². The predicted molar refractivity (Wildman–Crippen MR) is 113 cm³/mol. The number of rotatable bonds is 7. The Morgan fingerprint density at radius 2 is 2.04 bits per heavy atom. The lowest BCUT2D eigenvalue weighted by Gasteiger charge is -2.33. The number of amides is 1. The average molecular weight is 421 g/mol. The zero-order valence-electron chi connectivity index (χ0n) is 15.9. The standard InChI is InChI=1S/C20H24N2O4S2/c1-15-6-5-7-16(12-15)14-27-11-10-21-20(23)19-13-22(28(2,24)25)17-8-3-4-9-18(17)26-19/h3-9,12,19H,10-11,13-14H2,1-2H3,(H,21,23)/t19-/m1/s1. The van der Waals surface area contributed by atoms with Crippen molar-refractivity contribution in [3.05, 3.63) is 59.7 Å². The minimum absolute atomic E-state index is 0.0296. The van der Waals surface area contributed by atoms with Crippen LogP contribution >= 0.6 is 11.8 Å². The molecule has 28 heavy (non-hydrogen) atoms. The molecular weight excluding hydrogens is 396 g/mol. The highest BCUT2D eigenvalue weighted by Gasteiger charge is 2.34. The average Bonchev–Trinajstić information content (AvgIpc) is 2.66. The number of fused-ring (bicyclic) bond motifs is 1. The van der Waals surface area contributed by atoms with Crippen LogP contribution in [0.25, 0.3) is 0 Å². The van der Waals surface area contributed by atoms with E-state index in [-0.39, 0.29) is 12.5 Å². The zero-order chi connectivity index (χ0) is 20.1. The molecule has 8 heteroatoms. The Morgan fingerprint density at radius 3 is 2.79 bits per heavy atom. The van der Waals surface area contributed by atoms with E-state index in [1.54, 1.807) is 36.0 Å². The van der Waals surface area contributed by atoms with Crippen molar-refractivity contribution in [3.63, 3.8) is 0 Å². The van der Waals surface area contributed by atoms with Crippen molar-refractivity contribution in [1.82, 2.24) is 5.32 Å². The van der Waals surface area contributed by atoms with Crippen molar-refractivity contribution in [2.45, 2.75) is 18.8 Å². The van der Waals surface area contributed by atoms with Crippen LogP contribution in [0.1, 0.15) is 11.1 Å². The van der Waals surface area contributed by atoms with Gasteiger partial charge in [0.1, 0.15) is 5.75 Å². The van der Waals surface area contributed by atoms with Gasteiger partial charge in [0.05, 0.1) is 18.5 Å². The molecule has 0 fully saturated rings. The van der Waals surface area contributed by atoms with Gasteiger partial charge in [0.15, 0.2) is 6.10 Å². The molecule has 0 radical (unpaired) electrons. The molecule has 2 aromatic carbocycles. The number of nitrogens with one attached hydrogen (secondary N) is 1. The summed E-state index contributed by atoms with van der Waals surface area (Å²) in [5.74, 6) is 1.73. The number of aryl methyl sites for hydroxylation is 1. The van der Waals surface area contributed by atoms with E-state index in [0.29, 0.717) is 18.0 Å². The molecule has 0 saturated heterocycles. The molecule has 150 valence electrons. The lowest BCUT2D eigenvalue weighted by molar-refractivity contribution is -0.127. The van der Waals surface area contributed by atoms with Gasteiger partial charge >= 0.3 is 0 Å². The van der Waals surface area contributed by atoms with Crippen LogP contribution in [0.15, 0.2) is 48.5 Å². The van der Waals surface area contributed by atoms with Gasteiger partial charge in [-0.2, -0.15) is 11.8 Å². The number of anilines is 1. The van der Waals surface area contributed by atoms with Crippen LogP contribution in [0.5, 0.6) is 5.75 Å². The van der Waals surface area contributed by atoms with E-state index in [1.165, 1.54) is 15.4 Å². The predicted octanol–water partition coefficient (Wildman–Crippen LogP) is 2.57. The largest absolute Gasteiger partial charge is 0.476 e. The second-order valence-electron chi connectivity index (χ2n) is 6.70. The lowest BCUT2D eigenvalue weighted by atomic mass is 10.2. The van der Waals surface area contributed by atoms with Gasteiger partial charge in [0, 0.05) is 18.1 Å². The highest BCUT2D eigenvalue weighted by molar-refractivity contribution is 7.98. The Morgan fingerprint density at radius 1 is 1.25 bits per heavy atom. The molecule has 1 aliphatic heterocycles. The van der Waals surface area contributed by atoms with E-state index in [4.69, 9.17) is 4.74 Å². The van der Waals surface area contributed by atoms with Crippen LogP contribution in [0.3, 0.4) is 0 Å². The summed E-state index contributed by atoms with van der Waals surface area (Å²) in [7, 11) is -3.50. The zero-order valence-corrected chi connectivity index (χ0v) is 17.6. The van der Waals surface area contributed by atoms with Crippen molar-refractivity contribution in [1.29, 1.82) is 0 Å². The van der Waals surface area contributed by atoms with E-state index in [1.807, 2.05) is 6.07 Å². The first kappa shape index (κ1) is 20.5. The summed E-state index contributed by atoms with van der Waals surface area (Å²) in [6, 6.07) is 15.2. The minimum atomic E-state index is -3.50. The van der Waals surface area contributed by atoms with Crippen LogP contribution in [0, 0.1) is 6.92 Å². The lowest BCUT2D eigenvalue weighted by Crippen LogP contribution is -2.50. The van der Waals surface area contributed by atoms with Gasteiger partial charge in [-0.25, -0.2) is 8.42 Å². The number of carbonyl (C=O) groups is 1. The third-order valence-corrected chi connectivity index (χ3v) is 6.50. The van der Waals surface area contributed by atoms with Crippen molar-refractivity contribution >= 4 is 33.4 Å². The highest BCUT2D eigenvalue weighted by atomic mass is 32.2. The maximum Gasteiger partial charge on any atom is 0.263 e. The van der Waals surface area contributed by atoms with Crippen molar-refractivity contribution in [3.8, 4) is 5.75 Å². The Labute approximate surface area is 170 Å². The number of sulfonamides is 1. The third kappa shape index (κ3) is 5.20. The van der Waals surface area contributed by atoms with E-state index in [9.17, 15) is 13.2 Å². The van der Waals surface area contributed by atoms with E-state index in [2.05, 4.69) is 30.4 Å². The van der Waals surface area contributed by atoms with Crippen LogP contribution < -0.4 is 14.4 Å². The minimum Gasteiger partial charge on any atom is -0.476 e. The second-order valence-corrected chi connectivity index (χ2v) is 9.71. The smallest absolute Gasteiger partial charge is 0.263 e. The van der Waals surface area contributed by atoms with Crippen LogP contribution in [0.2, 0.25) is 0 Å². The summed E-state index contributed by atoms with van der Waals surface area (Å²) >= 11 is 1.74. The van der Waals surface area contributed by atoms with Crippen LogP contribution in [0.4, 0.5) is 5.69 Å². The van der Waals surface area contributed by atoms with Crippen LogP contribution in [-0.4, -0.2) is 45.5 Å². The molecule has 1 atom stereocenters. The maximum absolute atomic E-state index is 12.5. The van der Waals surface area contributed by atoms with Crippen molar-refractivity contribution in [2.24, 2.45) is 0 Å². The molecule has 1 N–H and O–H groups in total. The van der Waals surface area contributed by atoms with Gasteiger partial charge in [-0.05, 0) is 24.6 Å². The fourth-order valence-corrected chi connectivity index (χ4v) is 4.73. The molecule has 0 spiro atoms. The first-order valence-corrected chi connectivity index (χ1v) is 12.0. The van der Waals surface area contributed by atoms with Crippen molar-refractivity contribution in [2.75, 3.05) is 29.4 Å². The van der Waals surface area contributed by atoms with Crippen molar-refractivity contribution < 1.29 is 17.9 Å². The Bertz CT molecular complexity index is 947. The van der Waals surface area contributed by atoms with Gasteiger partial charge in [-0.15, -0.1) is 0 Å². The molecule has 0 aliphatic carbocycles. The molecular formula is C20H24N2O4S2. The summed E-state index contributed by atoms with van der Waals surface area (Å²) in [5.41, 5.74) is 2.95. The topological polar surface area (TPSA) is 75.7 Å². The number of ether oxygens (including phenoxy) is 1. The van der Waals surface area contributed by atoms with Gasteiger partial charge in [-0.3, -0.25) is 9.10 Å².